The van der Waals surface area contributed by atoms with E-state index in [0.29, 0.717) is 39.1 Å². The van der Waals surface area contributed by atoms with Gasteiger partial charge in [-0.15, -0.1) is 0 Å². The third-order valence-corrected chi connectivity index (χ3v) is 8.27. The van der Waals surface area contributed by atoms with Crippen molar-refractivity contribution in [3.63, 3.8) is 0 Å². The van der Waals surface area contributed by atoms with Gasteiger partial charge in [-0.05, 0) is 81.5 Å². The van der Waals surface area contributed by atoms with Crippen molar-refractivity contribution >= 4 is 69.8 Å². The lowest BCUT2D eigenvalue weighted by Gasteiger charge is -2.46. The van der Waals surface area contributed by atoms with Crippen molar-refractivity contribution in [3.8, 4) is 5.75 Å². The Balaban J connectivity index is 1.86. The number of esters is 2. The Morgan fingerprint density at radius 2 is 1.45 bits per heavy atom. The van der Waals surface area contributed by atoms with Gasteiger partial charge in [-0.25, -0.2) is 0 Å². The van der Waals surface area contributed by atoms with Gasteiger partial charge in [-0.2, -0.15) is 21.6 Å². The van der Waals surface area contributed by atoms with Crippen LogP contribution in [0.5, 0.6) is 5.75 Å². The Hall–Kier alpha value is -0.700. The molecule has 14 heteroatoms. The zero-order valence-corrected chi connectivity index (χ0v) is 22.2. The van der Waals surface area contributed by atoms with Crippen LogP contribution >= 0.6 is 47.8 Å². The van der Waals surface area contributed by atoms with Crippen LogP contribution in [0.1, 0.15) is 25.7 Å². The van der Waals surface area contributed by atoms with Gasteiger partial charge in [0.25, 0.3) is 10.1 Å². The number of fused-ring (bicyclic) bond motifs is 3. The number of benzene rings is 1. The summed E-state index contributed by atoms with van der Waals surface area (Å²) in [6.45, 7) is 0. The highest BCUT2D eigenvalue weighted by Gasteiger charge is 2.54. The van der Waals surface area contributed by atoms with E-state index in [-0.39, 0.29) is 11.7 Å². The molecule has 2 bridgehead atoms. The van der Waals surface area contributed by atoms with E-state index in [9.17, 15) is 31.2 Å². The molecule has 0 saturated heterocycles. The molecular weight excluding hydrogens is 669 g/mol. The molecule has 0 heterocycles. The maximum absolute atomic E-state index is 13.3. The molecule has 3 fully saturated rings. The van der Waals surface area contributed by atoms with Crippen molar-refractivity contribution in [2.45, 2.75) is 38.0 Å². The lowest BCUT2D eigenvalue weighted by molar-refractivity contribution is -0.222. The van der Waals surface area contributed by atoms with Crippen LogP contribution in [0.25, 0.3) is 0 Å². The van der Waals surface area contributed by atoms with Crippen molar-refractivity contribution in [2.24, 2.45) is 23.7 Å². The first-order valence-corrected chi connectivity index (χ1v) is 13.7. The van der Waals surface area contributed by atoms with E-state index in [2.05, 4.69) is 52.5 Å². The van der Waals surface area contributed by atoms with E-state index in [4.69, 9.17) is 9.29 Å². The molecule has 0 aromatic heterocycles. The first kappa shape index (κ1) is 26.9. The average Bonchev–Trinajstić information content (AvgIpc) is 2.68. The van der Waals surface area contributed by atoms with Gasteiger partial charge in [0.15, 0.2) is 5.75 Å². The minimum absolute atomic E-state index is 0.149. The number of carbonyl (C=O) groups excluding carboxylic acids is 2. The summed E-state index contributed by atoms with van der Waals surface area (Å²) in [5.41, 5.74) is 0. The topological polar surface area (TPSA) is 107 Å². The van der Waals surface area contributed by atoms with E-state index >= 15 is 0 Å². The standard InChI is InChI=1S/C19H18Br3F3O7S/c20-10-5-11(21)16(12(22)6-10)32-18(27)15-9-3-1-8(2-4-9)14(15)17(26)31-13(19(23,24)25)7-33(28,29)30/h5-6,8-9,13-15H,1-4,7H2,(H,28,29,30). The number of carbonyl (C=O) groups is 2. The average molecular weight is 687 g/mol. The SMILES string of the molecule is O=C(Oc1c(Br)cc(Br)cc1Br)C1C2CCC(CC2)C1C(=O)OC(CS(=O)(=O)O)C(F)(F)F. The summed E-state index contributed by atoms with van der Waals surface area (Å²) < 4.78 is 82.3. The molecule has 1 aromatic carbocycles. The normalized spacial score (nSPS) is 26.0. The van der Waals surface area contributed by atoms with Crippen LogP contribution in [-0.4, -0.2) is 42.9 Å². The van der Waals surface area contributed by atoms with Gasteiger partial charge in [-0.3, -0.25) is 14.1 Å². The largest absolute Gasteiger partial charge is 0.451 e. The molecule has 33 heavy (non-hydrogen) atoms. The molecule has 0 aliphatic heterocycles. The Morgan fingerprint density at radius 3 is 1.88 bits per heavy atom. The van der Waals surface area contributed by atoms with Crippen molar-refractivity contribution in [1.29, 1.82) is 0 Å². The lowest BCUT2D eigenvalue weighted by atomic mass is 9.58. The van der Waals surface area contributed by atoms with E-state index in [0.717, 1.165) is 0 Å². The molecule has 7 nitrogen and oxygen atoms in total. The van der Waals surface area contributed by atoms with Gasteiger partial charge < -0.3 is 9.47 Å². The van der Waals surface area contributed by atoms with Gasteiger partial charge in [0.2, 0.25) is 6.10 Å². The molecule has 0 radical (unpaired) electrons. The Bertz CT molecular complexity index is 1020. The van der Waals surface area contributed by atoms with E-state index in [1.54, 1.807) is 12.1 Å². The van der Waals surface area contributed by atoms with Crippen molar-refractivity contribution in [1.82, 2.24) is 0 Å². The number of alkyl halides is 3. The van der Waals surface area contributed by atoms with E-state index in [1.165, 1.54) is 0 Å². The summed E-state index contributed by atoms with van der Waals surface area (Å²) in [5.74, 6) is -6.75. The lowest BCUT2D eigenvalue weighted by Crippen LogP contribution is -2.51. The Morgan fingerprint density at radius 1 is 1.00 bits per heavy atom. The molecule has 3 unspecified atom stereocenters. The Kier molecular flexibility index (Phi) is 8.24. The van der Waals surface area contributed by atoms with Crippen LogP contribution in [0.3, 0.4) is 0 Å². The monoisotopic (exact) mass is 684 g/mol. The number of halogens is 6. The molecule has 0 amide bonds. The molecule has 1 aromatic rings. The third-order valence-electron chi connectivity index (χ3n) is 5.91. The predicted octanol–water partition coefficient (Wildman–Crippen LogP) is 5.29. The summed E-state index contributed by atoms with van der Waals surface area (Å²) in [4.78, 5) is 26.0. The Labute approximate surface area is 212 Å². The van der Waals surface area contributed by atoms with Crippen LogP contribution < -0.4 is 4.74 Å². The highest BCUT2D eigenvalue weighted by Crippen LogP contribution is 2.50. The van der Waals surface area contributed by atoms with Crippen LogP contribution in [0, 0.1) is 23.7 Å². The fourth-order valence-corrected chi connectivity index (χ4v) is 7.59. The second-order valence-corrected chi connectivity index (χ2v) is 12.2. The van der Waals surface area contributed by atoms with Crippen LogP contribution in [0.15, 0.2) is 25.6 Å². The highest BCUT2D eigenvalue weighted by atomic mass is 79.9. The predicted molar refractivity (Wildman–Crippen MR) is 120 cm³/mol. The third kappa shape index (κ3) is 6.50. The van der Waals surface area contributed by atoms with Gasteiger partial charge in [0, 0.05) is 4.47 Å². The minimum Gasteiger partial charge on any atom is -0.451 e. The van der Waals surface area contributed by atoms with Crippen LogP contribution in [0.4, 0.5) is 13.2 Å². The summed E-state index contributed by atoms with van der Waals surface area (Å²) in [5, 5.41) is 0. The number of ether oxygens (including phenoxy) is 2. The van der Waals surface area contributed by atoms with E-state index in [1.807, 2.05) is 0 Å². The molecule has 3 atom stereocenters. The summed E-state index contributed by atoms with van der Waals surface area (Å²) in [7, 11) is -5.08. The molecule has 1 N–H and O–H groups in total. The van der Waals surface area contributed by atoms with Crippen LogP contribution in [0.2, 0.25) is 0 Å². The van der Waals surface area contributed by atoms with Gasteiger partial charge in [0.1, 0.15) is 5.75 Å². The molecule has 3 aliphatic rings. The summed E-state index contributed by atoms with van der Waals surface area (Å²) in [6, 6.07) is 3.27. The van der Waals surface area contributed by atoms with Gasteiger partial charge >= 0.3 is 18.1 Å². The second-order valence-electron chi connectivity index (χ2n) is 8.06. The van der Waals surface area contributed by atoms with Crippen molar-refractivity contribution in [2.75, 3.05) is 5.75 Å². The molecule has 0 spiro atoms. The highest BCUT2D eigenvalue weighted by molar-refractivity contribution is 9.11. The maximum atomic E-state index is 13.3. The first-order valence-electron chi connectivity index (χ1n) is 9.76. The fraction of sp³-hybridized carbons (Fsp3) is 0.579. The summed E-state index contributed by atoms with van der Waals surface area (Å²) >= 11 is 9.86. The smallest absolute Gasteiger partial charge is 0.426 e. The van der Waals surface area contributed by atoms with Crippen molar-refractivity contribution < 1.29 is 45.2 Å². The second kappa shape index (κ2) is 10.1. The first-order chi connectivity index (χ1) is 15.2. The van der Waals surface area contributed by atoms with E-state index < -0.39 is 57.8 Å². The number of hydrogen-bond acceptors (Lipinski definition) is 6. The number of rotatable bonds is 6. The molecule has 4 rings (SSSR count). The van der Waals surface area contributed by atoms with Gasteiger partial charge in [-0.1, -0.05) is 15.9 Å². The molecule has 3 saturated carbocycles. The van der Waals surface area contributed by atoms with Crippen LogP contribution in [-0.2, 0) is 24.4 Å². The van der Waals surface area contributed by atoms with Crippen molar-refractivity contribution in [3.05, 3.63) is 25.6 Å². The quantitative estimate of drug-likeness (QED) is 0.246. The maximum Gasteiger partial charge on any atom is 0.426 e. The van der Waals surface area contributed by atoms with Gasteiger partial charge in [0.05, 0.1) is 20.8 Å². The summed E-state index contributed by atoms with van der Waals surface area (Å²) in [6.07, 6.45) is -6.02. The number of hydrogen-bond donors (Lipinski definition) is 1. The molecule has 184 valence electrons. The fourth-order valence-electron chi connectivity index (χ4n) is 4.53. The minimum atomic E-state index is -5.22. The molecular formula is C19H18Br3F3O7S. The zero-order chi connectivity index (χ0) is 24.7. The molecule has 3 aliphatic carbocycles. The zero-order valence-electron chi connectivity index (χ0n) is 16.6.